The molecule has 134 valence electrons. The lowest BCUT2D eigenvalue weighted by molar-refractivity contribution is -0.167. The maximum atomic E-state index is 13.2. The zero-order valence-corrected chi connectivity index (χ0v) is 16.0. The number of methoxy groups -OCH3 is 2. The van der Waals surface area contributed by atoms with Gasteiger partial charge in [-0.15, -0.1) is 0 Å². The van der Waals surface area contributed by atoms with E-state index in [9.17, 15) is 19.8 Å². The molecule has 0 saturated carbocycles. The second-order valence-electron chi connectivity index (χ2n) is 5.94. The van der Waals surface area contributed by atoms with Gasteiger partial charge in [0.2, 0.25) is 5.78 Å². The van der Waals surface area contributed by atoms with Gasteiger partial charge in [0.25, 0.3) is 5.60 Å². The van der Waals surface area contributed by atoms with Gasteiger partial charge in [0.1, 0.15) is 28.9 Å². The number of Topliss-reactive ketones (excluding diaryl/α,β-unsaturated/α-hetero) is 1. The molecular formula is C17H17IO7. The summed E-state index contributed by atoms with van der Waals surface area (Å²) in [6.07, 6.45) is -0.854. The summed E-state index contributed by atoms with van der Waals surface area (Å²) in [4.78, 5) is 25.7. The molecule has 2 atom stereocenters. The molecule has 0 saturated heterocycles. The first-order valence-corrected chi connectivity index (χ1v) is 8.67. The Balaban J connectivity index is 2.38. The minimum absolute atomic E-state index is 0.0333. The highest BCUT2D eigenvalue weighted by Gasteiger charge is 2.61. The van der Waals surface area contributed by atoms with Crippen LogP contribution in [0.1, 0.15) is 28.8 Å². The molecule has 7 nitrogen and oxygen atoms in total. The van der Waals surface area contributed by atoms with Crippen LogP contribution >= 0.6 is 22.6 Å². The number of esters is 1. The van der Waals surface area contributed by atoms with Gasteiger partial charge in [0, 0.05) is 6.42 Å². The smallest absolute Gasteiger partial charge is 0.358 e. The molecule has 0 amide bonds. The number of ketones is 1. The van der Waals surface area contributed by atoms with Gasteiger partial charge >= 0.3 is 5.97 Å². The van der Waals surface area contributed by atoms with E-state index in [1.807, 2.05) is 22.6 Å². The summed E-state index contributed by atoms with van der Waals surface area (Å²) in [7, 11) is 2.53. The predicted molar refractivity (Wildman–Crippen MR) is 94.5 cm³/mol. The third-order valence-corrected chi connectivity index (χ3v) is 5.97. The molecule has 25 heavy (non-hydrogen) atoms. The highest BCUT2D eigenvalue weighted by Crippen LogP contribution is 2.49. The van der Waals surface area contributed by atoms with Gasteiger partial charge in [-0.25, -0.2) is 4.79 Å². The minimum atomic E-state index is -2.01. The van der Waals surface area contributed by atoms with Crippen LogP contribution < -0.4 is 4.74 Å². The average molecular weight is 460 g/mol. The number of carbonyl (C=O) groups excluding carboxylic acids is 2. The first-order valence-electron chi connectivity index (χ1n) is 7.59. The third kappa shape index (κ3) is 2.34. The number of hydrogen-bond acceptors (Lipinski definition) is 7. The normalized spacial score (nSPS) is 25.0. The fourth-order valence-corrected chi connectivity index (χ4v) is 3.79. The summed E-state index contributed by atoms with van der Waals surface area (Å²) in [6, 6.07) is 1.56. The molecule has 8 heteroatoms. The number of fused-ring (bicyclic) bond motifs is 2. The Morgan fingerprint density at radius 3 is 2.72 bits per heavy atom. The number of aryl methyl sites for hydroxylation is 1. The van der Waals surface area contributed by atoms with E-state index in [0.717, 1.165) is 7.11 Å². The van der Waals surface area contributed by atoms with Crippen molar-refractivity contribution in [1.29, 1.82) is 0 Å². The lowest BCUT2D eigenvalue weighted by Gasteiger charge is -2.43. The number of rotatable bonds is 2. The van der Waals surface area contributed by atoms with Crippen LogP contribution in [0.5, 0.6) is 11.5 Å². The third-order valence-electron chi connectivity index (χ3n) is 4.61. The number of ether oxygens (including phenoxy) is 3. The van der Waals surface area contributed by atoms with E-state index in [0.29, 0.717) is 9.13 Å². The van der Waals surface area contributed by atoms with Crippen molar-refractivity contribution in [2.45, 2.75) is 31.5 Å². The number of phenolic OH excluding ortho intramolecular Hbond substituents is 1. The second-order valence-corrected chi connectivity index (χ2v) is 7.02. The fourth-order valence-electron chi connectivity index (χ4n) is 3.36. The standard InChI is InChI=1S/C17H17IO7/c1-7-6-9-11(15(21)13(7)18)14(20)12-8(23-2)4-5-10(19)17(12,25-9)16(22)24-3/h6,10,19,21H,4-5H2,1-3H3/t10-,17+/m1/s1. The summed E-state index contributed by atoms with van der Waals surface area (Å²) < 4.78 is 16.5. The SMILES string of the molecule is COC(=O)[C@@]12Oc3cc(C)c(I)c(O)c3C(=O)C1=C(OC)CC[C@H]2O. The molecule has 2 N–H and O–H groups in total. The van der Waals surface area contributed by atoms with Gasteiger partial charge in [-0.2, -0.15) is 0 Å². The first-order chi connectivity index (χ1) is 11.8. The maximum Gasteiger partial charge on any atom is 0.358 e. The number of hydrogen-bond donors (Lipinski definition) is 2. The van der Waals surface area contributed by atoms with Crippen molar-refractivity contribution in [3.8, 4) is 11.5 Å². The van der Waals surface area contributed by atoms with Crippen LogP contribution in [0.3, 0.4) is 0 Å². The van der Waals surface area contributed by atoms with E-state index in [1.165, 1.54) is 7.11 Å². The number of benzene rings is 1. The molecule has 1 heterocycles. The number of allylic oxidation sites excluding steroid dienone is 1. The van der Waals surface area contributed by atoms with Crippen molar-refractivity contribution in [3.63, 3.8) is 0 Å². The Hall–Kier alpha value is -1.81. The molecule has 0 fully saturated rings. The van der Waals surface area contributed by atoms with Crippen LogP contribution in [0.2, 0.25) is 0 Å². The lowest BCUT2D eigenvalue weighted by atomic mass is 9.74. The van der Waals surface area contributed by atoms with Gasteiger partial charge in [-0.05, 0) is 47.6 Å². The average Bonchev–Trinajstić information content (AvgIpc) is 2.59. The monoisotopic (exact) mass is 460 g/mol. The van der Waals surface area contributed by atoms with Crippen LogP contribution in [0.4, 0.5) is 0 Å². The Bertz CT molecular complexity index is 814. The Morgan fingerprint density at radius 2 is 2.12 bits per heavy atom. The predicted octanol–water partition coefficient (Wildman–Crippen LogP) is 1.85. The molecule has 0 unspecified atom stereocenters. The molecular weight excluding hydrogens is 443 g/mol. The summed E-state index contributed by atoms with van der Waals surface area (Å²) in [5, 5.41) is 21.0. The van der Waals surface area contributed by atoms with Crippen LogP contribution in [0.15, 0.2) is 17.4 Å². The highest BCUT2D eigenvalue weighted by atomic mass is 127. The molecule has 0 radical (unpaired) electrons. The molecule has 1 aromatic carbocycles. The molecule has 1 aromatic rings. The molecule has 2 aliphatic rings. The van der Waals surface area contributed by atoms with Crippen molar-refractivity contribution in [2.24, 2.45) is 0 Å². The highest BCUT2D eigenvalue weighted by molar-refractivity contribution is 14.1. The van der Waals surface area contributed by atoms with Crippen molar-refractivity contribution in [2.75, 3.05) is 14.2 Å². The zero-order chi connectivity index (χ0) is 18.5. The summed E-state index contributed by atoms with van der Waals surface area (Å²) >= 11 is 1.93. The van der Waals surface area contributed by atoms with E-state index in [1.54, 1.807) is 13.0 Å². The molecule has 3 rings (SSSR count). The Labute approximate surface area is 157 Å². The molecule has 0 bridgehead atoms. The van der Waals surface area contributed by atoms with Crippen molar-refractivity contribution in [1.82, 2.24) is 0 Å². The number of halogens is 1. The largest absolute Gasteiger partial charge is 0.506 e. The Kier molecular flexibility index (Phi) is 4.44. The quantitative estimate of drug-likeness (QED) is 0.513. The number of aliphatic hydroxyl groups is 1. The second kappa shape index (κ2) is 6.17. The minimum Gasteiger partial charge on any atom is -0.506 e. The van der Waals surface area contributed by atoms with Crippen molar-refractivity contribution < 1.29 is 34.0 Å². The molecule has 1 aliphatic carbocycles. The van der Waals surface area contributed by atoms with Crippen LogP contribution in [-0.2, 0) is 14.3 Å². The summed E-state index contributed by atoms with van der Waals surface area (Å²) in [5.41, 5.74) is -1.50. The van der Waals surface area contributed by atoms with Crippen molar-refractivity contribution in [3.05, 3.63) is 32.1 Å². The van der Waals surface area contributed by atoms with Crippen LogP contribution in [-0.4, -0.2) is 47.9 Å². The van der Waals surface area contributed by atoms with Gasteiger partial charge in [-0.3, -0.25) is 4.79 Å². The maximum absolute atomic E-state index is 13.2. The number of phenols is 1. The van der Waals surface area contributed by atoms with Gasteiger partial charge in [0.05, 0.1) is 23.4 Å². The number of aromatic hydroxyl groups is 1. The molecule has 1 aliphatic heterocycles. The summed E-state index contributed by atoms with van der Waals surface area (Å²) in [6.45, 7) is 1.74. The van der Waals surface area contributed by atoms with Gasteiger partial charge < -0.3 is 24.4 Å². The lowest BCUT2D eigenvalue weighted by Crippen LogP contribution is -2.61. The van der Waals surface area contributed by atoms with E-state index in [-0.39, 0.29) is 41.2 Å². The first kappa shape index (κ1) is 18.0. The van der Waals surface area contributed by atoms with E-state index >= 15 is 0 Å². The van der Waals surface area contributed by atoms with E-state index in [2.05, 4.69) is 0 Å². The zero-order valence-electron chi connectivity index (χ0n) is 13.9. The van der Waals surface area contributed by atoms with Gasteiger partial charge in [0.15, 0.2) is 0 Å². The summed E-state index contributed by atoms with van der Waals surface area (Å²) in [5.74, 6) is -1.45. The topological polar surface area (TPSA) is 102 Å². The van der Waals surface area contributed by atoms with Crippen molar-refractivity contribution >= 4 is 34.3 Å². The van der Waals surface area contributed by atoms with E-state index in [4.69, 9.17) is 14.2 Å². The number of carbonyl (C=O) groups is 2. The number of aliphatic hydroxyl groups excluding tert-OH is 1. The van der Waals surface area contributed by atoms with Crippen LogP contribution in [0, 0.1) is 10.5 Å². The molecule has 0 aromatic heterocycles. The molecule has 0 spiro atoms. The fraction of sp³-hybridized carbons (Fsp3) is 0.412. The van der Waals surface area contributed by atoms with Crippen LogP contribution in [0.25, 0.3) is 0 Å². The Morgan fingerprint density at radius 1 is 1.44 bits per heavy atom. The van der Waals surface area contributed by atoms with E-state index < -0.39 is 23.5 Å². The van der Waals surface area contributed by atoms with Gasteiger partial charge in [-0.1, -0.05) is 0 Å².